The van der Waals surface area contributed by atoms with Crippen molar-refractivity contribution in [1.29, 1.82) is 0 Å². The topological polar surface area (TPSA) is 35.2 Å². The van der Waals surface area contributed by atoms with Crippen LogP contribution in [-0.4, -0.2) is 6.61 Å². The van der Waals surface area contributed by atoms with E-state index in [9.17, 15) is 17.6 Å². The van der Waals surface area contributed by atoms with Gasteiger partial charge in [0.25, 0.3) is 0 Å². The van der Waals surface area contributed by atoms with Crippen LogP contribution in [-0.2, 0) is 10.9 Å². The van der Waals surface area contributed by atoms with Gasteiger partial charge in [-0.05, 0) is 19.1 Å². The van der Waals surface area contributed by atoms with Gasteiger partial charge in [-0.1, -0.05) is 6.58 Å². The first-order valence-electron chi connectivity index (χ1n) is 4.76. The normalized spacial score (nSPS) is 11.4. The Kier molecular flexibility index (Phi) is 3.65. The zero-order valence-electron chi connectivity index (χ0n) is 9.07. The summed E-state index contributed by atoms with van der Waals surface area (Å²) in [6.45, 7) is 5.02. The highest BCUT2D eigenvalue weighted by molar-refractivity contribution is 5.73. The second-order valence-electron chi connectivity index (χ2n) is 3.24. The maximum absolute atomic E-state index is 13.3. The van der Waals surface area contributed by atoms with Gasteiger partial charge in [0.15, 0.2) is 0 Å². The SMILES string of the molecule is C=C(OCC)c1c(N)ccc(F)c1C(F)(F)F. The molecule has 17 heavy (non-hydrogen) atoms. The average molecular weight is 249 g/mol. The van der Waals surface area contributed by atoms with Crippen LogP contribution in [0.15, 0.2) is 18.7 Å². The van der Waals surface area contributed by atoms with Crippen LogP contribution in [0.3, 0.4) is 0 Å². The molecule has 0 aliphatic rings. The third-order valence-electron chi connectivity index (χ3n) is 2.07. The number of nitrogens with two attached hydrogens (primary N) is 1. The smallest absolute Gasteiger partial charge is 0.420 e. The lowest BCUT2D eigenvalue weighted by molar-refractivity contribution is -0.140. The summed E-state index contributed by atoms with van der Waals surface area (Å²) < 4.78 is 56.2. The fourth-order valence-corrected chi connectivity index (χ4v) is 1.42. The zero-order chi connectivity index (χ0) is 13.2. The molecule has 0 amide bonds. The molecule has 0 heterocycles. The van der Waals surface area contributed by atoms with Gasteiger partial charge >= 0.3 is 6.18 Å². The van der Waals surface area contributed by atoms with Crippen LogP contribution in [0.2, 0.25) is 0 Å². The molecule has 94 valence electrons. The van der Waals surface area contributed by atoms with Crippen molar-refractivity contribution in [3.63, 3.8) is 0 Å². The summed E-state index contributed by atoms with van der Waals surface area (Å²) in [6.07, 6.45) is -4.85. The Hall–Kier alpha value is -1.72. The molecular formula is C11H11F4NO. The largest absolute Gasteiger partial charge is 0.494 e. The summed E-state index contributed by atoms with van der Waals surface area (Å²) in [7, 11) is 0. The van der Waals surface area contributed by atoms with Crippen molar-refractivity contribution >= 4 is 11.4 Å². The van der Waals surface area contributed by atoms with Gasteiger partial charge in [0, 0.05) is 5.69 Å². The zero-order valence-corrected chi connectivity index (χ0v) is 9.07. The van der Waals surface area contributed by atoms with Crippen molar-refractivity contribution in [1.82, 2.24) is 0 Å². The summed E-state index contributed by atoms with van der Waals surface area (Å²) in [4.78, 5) is 0. The molecule has 2 nitrogen and oxygen atoms in total. The molecule has 0 saturated heterocycles. The summed E-state index contributed by atoms with van der Waals surface area (Å²) in [5, 5.41) is 0. The van der Waals surface area contributed by atoms with Gasteiger partial charge in [0.2, 0.25) is 0 Å². The second-order valence-corrected chi connectivity index (χ2v) is 3.24. The fourth-order valence-electron chi connectivity index (χ4n) is 1.42. The second kappa shape index (κ2) is 4.65. The first kappa shape index (κ1) is 13.3. The molecule has 2 N–H and O–H groups in total. The van der Waals surface area contributed by atoms with Crippen LogP contribution in [0, 0.1) is 5.82 Å². The van der Waals surface area contributed by atoms with E-state index in [1.165, 1.54) is 0 Å². The minimum Gasteiger partial charge on any atom is -0.494 e. The number of ether oxygens (including phenoxy) is 1. The minimum atomic E-state index is -4.85. The van der Waals surface area contributed by atoms with Crippen LogP contribution >= 0.6 is 0 Å². The molecule has 1 aromatic rings. The van der Waals surface area contributed by atoms with Crippen LogP contribution < -0.4 is 5.73 Å². The van der Waals surface area contributed by atoms with Crippen molar-refractivity contribution < 1.29 is 22.3 Å². The molecule has 6 heteroatoms. The van der Waals surface area contributed by atoms with E-state index in [4.69, 9.17) is 10.5 Å². The molecule has 1 rings (SSSR count). The third kappa shape index (κ3) is 2.69. The summed E-state index contributed by atoms with van der Waals surface area (Å²) in [5.41, 5.74) is 3.20. The Balaban J connectivity index is 3.46. The lowest BCUT2D eigenvalue weighted by Gasteiger charge is -2.17. The van der Waals surface area contributed by atoms with Crippen molar-refractivity contribution in [2.75, 3.05) is 12.3 Å². The number of halogens is 4. The Morgan fingerprint density at radius 1 is 1.41 bits per heavy atom. The van der Waals surface area contributed by atoms with Crippen molar-refractivity contribution in [3.8, 4) is 0 Å². The highest BCUT2D eigenvalue weighted by Crippen LogP contribution is 2.39. The maximum atomic E-state index is 13.3. The van der Waals surface area contributed by atoms with Crippen molar-refractivity contribution in [3.05, 3.63) is 35.7 Å². The van der Waals surface area contributed by atoms with Crippen LogP contribution in [0.1, 0.15) is 18.1 Å². The molecule has 0 aromatic heterocycles. The lowest BCUT2D eigenvalue weighted by Crippen LogP contribution is -2.14. The molecular weight excluding hydrogens is 238 g/mol. The van der Waals surface area contributed by atoms with Gasteiger partial charge < -0.3 is 10.5 Å². The number of rotatable bonds is 3. The third-order valence-corrected chi connectivity index (χ3v) is 2.07. The lowest BCUT2D eigenvalue weighted by atomic mass is 10.0. The molecule has 0 aliphatic heterocycles. The van der Waals surface area contributed by atoms with E-state index < -0.39 is 23.1 Å². The predicted molar refractivity (Wildman–Crippen MR) is 56.5 cm³/mol. The summed E-state index contributed by atoms with van der Waals surface area (Å²) in [6, 6.07) is 1.71. The molecule has 0 atom stereocenters. The Morgan fingerprint density at radius 2 is 2.00 bits per heavy atom. The maximum Gasteiger partial charge on any atom is 0.420 e. The van der Waals surface area contributed by atoms with Gasteiger partial charge in [0.1, 0.15) is 17.1 Å². The summed E-state index contributed by atoms with van der Waals surface area (Å²) >= 11 is 0. The fraction of sp³-hybridized carbons (Fsp3) is 0.273. The molecule has 0 radical (unpaired) electrons. The van der Waals surface area contributed by atoms with E-state index in [0.717, 1.165) is 6.07 Å². The van der Waals surface area contributed by atoms with E-state index in [1.807, 2.05) is 0 Å². The Labute approximate surface area is 95.7 Å². The number of benzene rings is 1. The van der Waals surface area contributed by atoms with E-state index in [2.05, 4.69) is 6.58 Å². The Morgan fingerprint density at radius 3 is 2.47 bits per heavy atom. The predicted octanol–water partition coefficient (Wildman–Crippen LogP) is 3.43. The highest BCUT2D eigenvalue weighted by atomic mass is 19.4. The minimum absolute atomic E-state index is 0.117. The van der Waals surface area contributed by atoms with Crippen LogP contribution in [0.4, 0.5) is 23.2 Å². The van der Waals surface area contributed by atoms with Crippen LogP contribution in [0.25, 0.3) is 5.76 Å². The Bertz CT molecular complexity index is 440. The van der Waals surface area contributed by atoms with Gasteiger partial charge in [0.05, 0.1) is 12.2 Å². The van der Waals surface area contributed by atoms with Gasteiger partial charge in [-0.2, -0.15) is 13.2 Å². The molecule has 0 bridgehead atoms. The first-order valence-corrected chi connectivity index (χ1v) is 4.76. The molecule has 0 spiro atoms. The first-order chi connectivity index (χ1) is 7.79. The number of hydrogen-bond donors (Lipinski definition) is 1. The number of nitrogen functional groups attached to an aromatic ring is 1. The molecule has 1 aromatic carbocycles. The summed E-state index contributed by atoms with van der Waals surface area (Å²) in [5.74, 6) is -1.70. The standard InChI is InChI=1S/C11H11F4NO/c1-3-17-6(2)9-8(16)5-4-7(12)10(9)11(13,14)15/h4-5H,2-3,16H2,1H3. The van der Waals surface area contributed by atoms with E-state index in [-0.39, 0.29) is 18.1 Å². The van der Waals surface area contributed by atoms with E-state index in [0.29, 0.717) is 6.07 Å². The average Bonchev–Trinajstić information content (AvgIpc) is 2.19. The highest BCUT2D eigenvalue weighted by Gasteiger charge is 2.38. The number of alkyl halides is 3. The van der Waals surface area contributed by atoms with E-state index >= 15 is 0 Å². The van der Waals surface area contributed by atoms with Crippen molar-refractivity contribution in [2.45, 2.75) is 13.1 Å². The molecule has 0 aliphatic carbocycles. The van der Waals surface area contributed by atoms with Gasteiger partial charge in [-0.15, -0.1) is 0 Å². The van der Waals surface area contributed by atoms with Crippen molar-refractivity contribution in [2.24, 2.45) is 0 Å². The van der Waals surface area contributed by atoms with Crippen LogP contribution in [0.5, 0.6) is 0 Å². The molecule has 0 fully saturated rings. The van der Waals surface area contributed by atoms with Gasteiger partial charge in [-0.25, -0.2) is 4.39 Å². The molecule has 0 saturated carbocycles. The molecule has 0 unspecified atom stereocenters. The number of anilines is 1. The monoisotopic (exact) mass is 249 g/mol. The quantitative estimate of drug-likeness (QED) is 0.506. The van der Waals surface area contributed by atoms with Gasteiger partial charge in [-0.3, -0.25) is 0 Å². The number of hydrogen-bond acceptors (Lipinski definition) is 2. The van der Waals surface area contributed by atoms with E-state index in [1.54, 1.807) is 6.92 Å².